The number of ether oxygens (including phenoxy) is 1. The topological polar surface area (TPSA) is 65.5 Å². The molecule has 0 unspecified atom stereocenters. The first-order valence-electron chi connectivity index (χ1n) is 6.19. The second-order valence-electron chi connectivity index (χ2n) is 4.76. The lowest BCUT2D eigenvalue weighted by molar-refractivity contribution is 0.0139. The predicted molar refractivity (Wildman–Crippen MR) is 63.4 cm³/mol. The van der Waals surface area contributed by atoms with Crippen LogP contribution in [0, 0.1) is 5.92 Å². The minimum Gasteiger partial charge on any atom is -0.457 e. The number of nitrogens with two attached hydrogens (primary N) is 1. The van der Waals surface area contributed by atoms with Crippen molar-refractivity contribution in [3.8, 4) is 0 Å². The summed E-state index contributed by atoms with van der Waals surface area (Å²) in [5.41, 5.74) is 5.42. The van der Waals surface area contributed by atoms with Gasteiger partial charge in [0.25, 0.3) is 0 Å². The smallest absolute Gasteiger partial charge is 0.374 e. The molecule has 0 saturated heterocycles. The molecule has 1 saturated carbocycles. The van der Waals surface area contributed by atoms with Crippen molar-refractivity contribution in [1.82, 2.24) is 0 Å². The molecule has 1 aliphatic carbocycles. The number of esters is 1. The molecule has 4 nitrogen and oxygen atoms in total. The first-order valence-corrected chi connectivity index (χ1v) is 6.19. The Bertz CT molecular complexity index is 378. The molecule has 0 bridgehead atoms. The zero-order chi connectivity index (χ0) is 12.3. The third-order valence-electron chi connectivity index (χ3n) is 3.30. The maximum atomic E-state index is 11.8. The Hall–Kier alpha value is -1.29. The van der Waals surface area contributed by atoms with Crippen LogP contribution in [0.4, 0.5) is 0 Å². The van der Waals surface area contributed by atoms with Gasteiger partial charge in [-0.2, -0.15) is 0 Å². The molecule has 1 aromatic rings. The Morgan fingerprint density at radius 3 is 2.71 bits per heavy atom. The minimum atomic E-state index is -0.371. The maximum Gasteiger partial charge on any atom is 0.374 e. The summed E-state index contributed by atoms with van der Waals surface area (Å²) in [5.74, 6) is 1.24. The molecule has 1 fully saturated rings. The van der Waals surface area contributed by atoms with E-state index in [0.29, 0.717) is 12.3 Å². The Morgan fingerprint density at radius 2 is 2.12 bits per heavy atom. The number of rotatable bonds is 3. The van der Waals surface area contributed by atoms with Crippen LogP contribution in [0.15, 0.2) is 16.5 Å². The molecular weight excluding hydrogens is 218 g/mol. The van der Waals surface area contributed by atoms with E-state index in [9.17, 15) is 4.79 Å². The molecule has 0 spiro atoms. The van der Waals surface area contributed by atoms with Crippen molar-refractivity contribution in [1.29, 1.82) is 0 Å². The highest BCUT2D eigenvalue weighted by atomic mass is 16.6. The van der Waals surface area contributed by atoms with E-state index in [1.807, 2.05) is 0 Å². The molecule has 2 rings (SSSR count). The number of carbonyl (C=O) groups excluding carboxylic acids is 1. The lowest BCUT2D eigenvalue weighted by Gasteiger charge is -2.25. The molecule has 2 N–H and O–H groups in total. The molecule has 0 aromatic carbocycles. The van der Waals surface area contributed by atoms with Crippen LogP contribution in [0.25, 0.3) is 0 Å². The van der Waals surface area contributed by atoms with E-state index < -0.39 is 0 Å². The normalized spacial score (nSPS) is 24.6. The van der Waals surface area contributed by atoms with Gasteiger partial charge < -0.3 is 14.9 Å². The lowest BCUT2D eigenvalue weighted by Crippen LogP contribution is -2.23. The third-order valence-corrected chi connectivity index (χ3v) is 3.30. The number of hydrogen-bond acceptors (Lipinski definition) is 4. The van der Waals surface area contributed by atoms with E-state index in [2.05, 4.69) is 6.92 Å². The zero-order valence-corrected chi connectivity index (χ0v) is 10.1. The average Bonchev–Trinajstić information content (AvgIpc) is 2.81. The molecule has 0 atom stereocenters. The van der Waals surface area contributed by atoms with E-state index in [1.54, 1.807) is 12.1 Å². The summed E-state index contributed by atoms with van der Waals surface area (Å²) in [5, 5.41) is 0. The molecule has 0 aliphatic heterocycles. The van der Waals surface area contributed by atoms with E-state index in [1.165, 1.54) is 0 Å². The van der Waals surface area contributed by atoms with Crippen LogP contribution in [0.2, 0.25) is 0 Å². The fraction of sp³-hybridized carbons (Fsp3) is 0.615. The van der Waals surface area contributed by atoms with Gasteiger partial charge in [-0.1, -0.05) is 6.92 Å². The molecule has 4 heteroatoms. The molecule has 0 amide bonds. The highest BCUT2D eigenvalue weighted by Gasteiger charge is 2.23. The van der Waals surface area contributed by atoms with E-state index in [4.69, 9.17) is 14.9 Å². The van der Waals surface area contributed by atoms with Gasteiger partial charge in [0.05, 0.1) is 6.54 Å². The van der Waals surface area contributed by atoms with Crippen LogP contribution in [0.1, 0.15) is 48.9 Å². The van der Waals surface area contributed by atoms with Gasteiger partial charge in [0.15, 0.2) is 0 Å². The molecule has 94 valence electrons. The monoisotopic (exact) mass is 237 g/mol. The zero-order valence-electron chi connectivity index (χ0n) is 10.1. The standard InChI is InChI=1S/C13H19NO3/c1-9-2-4-10(5-3-9)17-13(15)12-7-6-11(8-14)16-12/h6-7,9-10H,2-5,8,14H2,1H3. The minimum absolute atomic E-state index is 0.0464. The van der Waals surface area contributed by atoms with Crippen molar-refractivity contribution < 1.29 is 13.9 Å². The fourth-order valence-corrected chi connectivity index (χ4v) is 2.15. The molecule has 17 heavy (non-hydrogen) atoms. The maximum absolute atomic E-state index is 11.8. The SMILES string of the molecule is CC1CCC(OC(=O)c2ccc(CN)o2)CC1. The van der Waals surface area contributed by atoms with E-state index in [-0.39, 0.29) is 17.8 Å². The van der Waals surface area contributed by atoms with Gasteiger partial charge in [-0.3, -0.25) is 0 Å². The Labute approximate surface area is 101 Å². The Morgan fingerprint density at radius 1 is 1.41 bits per heavy atom. The van der Waals surface area contributed by atoms with Gasteiger partial charge in [0.1, 0.15) is 11.9 Å². The number of furan rings is 1. The highest BCUT2D eigenvalue weighted by Crippen LogP contribution is 2.26. The third kappa shape index (κ3) is 3.09. The van der Waals surface area contributed by atoms with Gasteiger partial charge in [0.2, 0.25) is 5.76 Å². The average molecular weight is 237 g/mol. The quantitative estimate of drug-likeness (QED) is 0.820. The van der Waals surface area contributed by atoms with Crippen LogP contribution in [-0.2, 0) is 11.3 Å². The largest absolute Gasteiger partial charge is 0.457 e. The molecule has 1 aliphatic rings. The van der Waals surface area contributed by atoms with Crippen molar-refractivity contribution in [2.24, 2.45) is 11.7 Å². The van der Waals surface area contributed by atoms with Gasteiger partial charge in [-0.15, -0.1) is 0 Å². The Balaban J connectivity index is 1.88. The summed E-state index contributed by atoms with van der Waals surface area (Å²) in [6.07, 6.45) is 4.22. The van der Waals surface area contributed by atoms with Crippen molar-refractivity contribution in [3.05, 3.63) is 23.7 Å². The molecular formula is C13H19NO3. The van der Waals surface area contributed by atoms with E-state index in [0.717, 1.165) is 31.6 Å². The van der Waals surface area contributed by atoms with Crippen molar-refractivity contribution >= 4 is 5.97 Å². The first-order chi connectivity index (χ1) is 8.19. The van der Waals surface area contributed by atoms with Gasteiger partial charge >= 0.3 is 5.97 Å². The molecule has 0 radical (unpaired) electrons. The Kier molecular flexibility index (Phi) is 3.84. The lowest BCUT2D eigenvalue weighted by atomic mass is 9.89. The molecule has 1 aromatic heterocycles. The van der Waals surface area contributed by atoms with Crippen LogP contribution in [0.5, 0.6) is 0 Å². The summed E-state index contributed by atoms with van der Waals surface area (Å²) in [4.78, 5) is 11.8. The van der Waals surface area contributed by atoms with Crippen LogP contribution in [-0.4, -0.2) is 12.1 Å². The summed E-state index contributed by atoms with van der Waals surface area (Å²) in [6.45, 7) is 2.53. The second-order valence-corrected chi connectivity index (χ2v) is 4.76. The van der Waals surface area contributed by atoms with Crippen LogP contribution >= 0.6 is 0 Å². The van der Waals surface area contributed by atoms with Gasteiger partial charge in [-0.25, -0.2) is 4.79 Å². The van der Waals surface area contributed by atoms with Gasteiger partial charge in [0, 0.05) is 0 Å². The molecule has 1 heterocycles. The summed E-state index contributed by atoms with van der Waals surface area (Å²) in [6, 6.07) is 3.33. The summed E-state index contributed by atoms with van der Waals surface area (Å²) in [7, 11) is 0. The van der Waals surface area contributed by atoms with Crippen molar-refractivity contribution in [2.45, 2.75) is 45.3 Å². The number of carbonyl (C=O) groups is 1. The van der Waals surface area contributed by atoms with E-state index >= 15 is 0 Å². The highest BCUT2D eigenvalue weighted by molar-refractivity contribution is 5.86. The van der Waals surface area contributed by atoms with Gasteiger partial charge in [-0.05, 0) is 43.7 Å². The summed E-state index contributed by atoms with van der Waals surface area (Å²) >= 11 is 0. The van der Waals surface area contributed by atoms with Crippen LogP contribution < -0.4 is 5.73 Å². The summed E-state index contributed by atoms with van der Waals surface area (Å²) < 4.78 is 10.7. The number of hydrogen-bond donors (Lipinski definition) is 1. The fourth-order valence-electron chi connectivity index (χ4n) is 2.15. The van der Waals surface area contributed by atoms with Crippen LogP contribution in [0.3, 0.4) is 0 Å². The second kappa shape index (κ2) is 5.36. The van der Waals surface area contributed by atoms with Crippen molar-refractivity contribution in [3.63, 3.8) is 0 Å². The predicted octanol–water partition coefficient (Wildman–Crippen LogP) is 2.47. The first kappa shape index (κ1) is 12.2. The van der Waals surface area contributed by atoms with Crippen molar-refractivity contribution in [2.75, 3.05) is 0 Å².